The number of amides is 1. The Morgan fingerprint density at radius 1 is 1.07 bits per heavy atom. The first-order valence-corrected chi connectivity index (χ1v) is 9.19. The number of likely N-dealkylation sites (tertiary alicyclic amines) is 1. The summed E-state index contributed by atoms with van der Waals surface area (Å²) in [7, 11) is 1.63. The number of nitrogens with zero attached hydrogens (tertiary/aromatic N) is 2. The van der Waals surface area contributed by atoms with Crippen molar-refractivity contribution in [3.63, 3.8) is 0 Å². The number of carbonyl (C=O) groups excluding carboxylic acids is 1. The summed E-state index contributed by atoms with van der Waals surface area (Å²) in [5, 5.41) is 11.7. The van der Waals surface area contributed by atoms with Gasteiger partial charge in [0.2, 0.25) is 0 Å². The van der Waals surface area contributed by atoms with Crippen molar-refractivity contribution in [2.75, 3.05) is 26.8 Å². The third-order valence-electron chi connectivity index (χ3n) is 5.14. The van der Waals surface area contributed by atoms with Gasteiger partial charge in [0.15, 0.2) is 0 Å². The highest BCUT2D eigenvalue weighted by molar-refractivity contribution is 5.95. The van der Waals surface area contributed by atoms with Crippen molar-refractivity contribution in [2.24, 2.45) is 5.41 Å². The third-order valence-corrected chi connectivity index (χ3v) is 5.14. The molecule has 1 saturated heterocycles. The number of halogens is 1. The van der Waals surface area contributed by atoms with Crippen LogP contribution in [-0.4, -0.2) is 37.6 Å². The SMILES string of the molecule is COc1ccc2cc(OCC3(C#N)CN(C(=O)c4ccc(F)cc4)C3)ccc2c1. The second kappa shape index (κ2) is 7.44. The Labute approximate surface area is 167 Å². The number of hydrogen-bond donors (Lipinski definition) is 0. The number of rotatable bonds is 5. The van der Waals surface area contributed by atoms with Gasteiger partial charge in [-0.15, -0.1) is 0 Å². The molecule has 4 rings (SSSR count). The lowest BCUT2D eigenvalue weighted by Gasteiger charge is -2.45. The van der Waals surface area contributed by atoms with E-state index < -0.39 is 11.2 Å². The van der Waals surface area contributed by atoms with Crippen LogP contribution < -0.4 is 9.47 Å². The van der Waals surface area contributed by atoms with Crippen LogP contribution in [0, 0.1) is 22.6 Å². The summed E-state index contributed by atoms with van der Waals surface area (Å²) in [5.41, 5.74) is -0.339. The molecule has 0 N–H and O–H groups in total. The molecule has 5 nitrogen and oxygen atoms in total. The molecule has 29 heavy (non-hydrogen) atoms. The molecule has 3 aromatic carbocycles. The van der Waals surface area contributed by atoms with Gasteiger partial charge >= 0.3 is 0 Å². The number of benzene rings is 3. The lowest BCUT2D eigenvalue weighted by Crippen LogP contribution is -2.60. The summed E-state index contributed by atoms with van der Waals surface area (Å²) in [5.74, 6) is 0.852. The first-order chi connectivity index (χ1) is 14.0. The number of carbonyl (C=O) groups is 1. The maximum atomic E-state index is 13.0. The van der Waals surface area contributed by atoms with E-state index in [-0.39, 0.29) is 25.6 Å². The molecule has 6 heteroatoms. The molecule has 1 heterocycles. The lowest BCUT2D eigenvalue weighted by molar-refractivity contribution is 0.0113. The Hall–Kier alpha value is -3.59. The fraction of sp³-hybridized carbons (Fsp3) is 0.217. The van der Waals surface area contributed by atoms with Gasteiger partial charge in [-0.3, -0.25) is 4.79 Å². The van der Waals surface area contributed by atoms with Gasteiger partial charge in [0.1, 0.15) is 29.3 Å². The van der Waals surface area contributed by atoms with E-state index in [1.54, 1.807) is 12.0 Å². The van der Waals surface area contributed by atoms with E-state index in [2.05, 4.69) is 6.07 Å². The molecule has 0 unspecified atom stereocenters. The summed E-state index contributed by atoms with van der Waals surface area (Å²) in [6.07, 6.45) is 0. The van der Waals surface area contributed by atoms with Crippen molar-refractivity contribution < 1.29 is 18.7 Å². The highest BCUT2D eigenvalue weighted by Gasteiger charge is 2.46. The summed E-state index contributed by atoms with van der Waals surface area (Å²) in [4.78, 5) is 14.0. The third kappa shape index (κ3) is 3.72. The van der Waals surface area contributed by atoms with Gasteiger partial charge in [-0.1, -0.05) is 12.1 Å². The average molecular weight is 390 g/mol. The molecule has 0 spiro atoms. The summed E-state index contributed by atoms with van der Waals surface area (Å²) < 4.78 is 24.1. The maximum absolute atomic E-state index is 13.0. The largest absolute Gasteiger partial charge is 0.497 e. The topological polar surface area (TPSA) is 62.6 Å². The maximum Gasteiger partial charge on any atom is 0.253 e. The standard InChI is InChI=1S/C23H19FN2O3/c1-28-20-8-4-18-11-21(9-5-17(18)10-20)29-15-23(12-25)13-26(14-23)22(27)16-2-6-19(24)7-3-16/h2-11H,13-15H2,1H3. The Balaban J connectivity index is 1.40. The minimum atomic E-state index is -0.745. The minimum Gasteiger partial charge on any atom is -0.497 e. The van der Waals surface area contributed by atoms with Gasteiger partial charge in [0.05, 0.1) is 13.2 Å². The molecule has 0 aromatic heterocycles. The van der Waals surface area contributed by atoms with Crippen LogP contribution in [0.1, 0.15) is 10.4 Å². The van der Waals surface area contributed by atoms with E-state index in [4.69, 9.17) is 9.47 Å². The summed E-state index contributed by atoms with van der Waals surface area (Å²) in [6, 6.07) is 19.2. The molecule has 3 aromatic rings. The van der Waals surface area contributed by atoms with Crippen molar-refractivity contribution in [2.45, 2.75) is 0 Å². The van der Waals surface area contributed by atoms with Crippen LogP contribution in [0.4, 0.5) is 4.39 Å². The van der Waals surface area contributed by atoms with Crippen molar-refractivity contribution >= 4 is 16.7 Å². The second-order valence-electron chi connectivity index (χ2n) is 7.22. The van der Waals surface area contributed by atoms with Crippen LogP contribution in [0.5, 0.6) is 11.5 Å². The first kappa shape index (κ1) is 18.8. The fourth-order valence-corrected chi connectivity index (χ4v) is 3.44. The van der Waals surface area contributed by atoms with E-state index in [1.807, 2.05) is 36.4 Å². The monoisotopic (exact) mass is 390 g/mol. The van der Waals surface area contributed by atoms with Crippen molar-refractivity contribution in [3.05, 3.63) is 72.0 Å². The normalized spacial score (nSPS) is 14.7. The van der Waals surface area contributed by atoms with Crippen molar-refractivity contribution in [1.82, 2.24) is 4.90 Å². The molecule has 0 atom stereocenters. The Kier molecular flexibility index (Phi) is 4.81. The van der Waals surface area contributed by atoms with E-state index in [0.717, 1.165) is 16.5 Å². The molecule has 0 saturated carbocycles. The highest BCUT2D eigenvalue weighted by atomic mass is 19.1. The fourth-order valence-electron chi connectivity index (χ4n) is 3.44. The molecule has 1 aliphatic rings. The number of methoxy groups -OCH3 is 1. The zero-order valence-electron chi connectivity index (χ0n) is 15.9. The lowest BCUT2D eigenvalue weighted by atomic mass is 9.81. The van der Waals surface area contributed by atoms with Crippen LogP contribution in [0.15, 0.2) is 60.7 Å². The summed E-state index contributed by atoms with van der Waals surface area (Å²) in [6.45, 7) is 0.757. The smallest absolute Gasteiger partial charge is 0.253 e. The molecule has 146 valence electrons. The van der Waals surface area contributed by atoms with Gasteiger partial charge < -0.3 is 14.4 Å². The number of fused-ring (bicyclic) bond motifs is 1. The molecular formula is C23H19FN2O3. The Morgan fingerprint density at radius 2 is 1.69 bits per heavy atom. The average Bonchev–Trinajstić information content (AvgIpc) is 2.73. The highest BCUT2D eigenvalue weighted by Crippen LogP contribution is 2.33. The van der Waals surface area contributed by atoms with Gasteiger partial charge in [0, 0.05) is 18.7 Å². The van der Waals surface area contributed by atoms with Crippen LogP contribution in [0.2, 0.25) is 0 Å². The Morgan fingerprint density at radius 3 is 2.31 bits per heavy atom. The minimum absolute atomic E-state index is 0.193. The van der Waals surface area contributed by atoms with Crippen LogP contribution in [-0.2, 0) is 0 Å². The van der Waals surface area contributed by atoms with Crippen molar-refractivity contribution in [1.29, 1.82) is 5.26 Å². The van der Waals surface area contributed by atoms with Crippen molar-refractivity contribution in [3.8, 4) is 17.6 Å². The molecule has 1 fully saturated rings. The predicted molar refractivity (Wildman–Crippen MR) is 106 cm³/mol. The second-order valence-corrected chi connectivity index (χ2v) is 7.22. The molecule has 1 aliphatic heterocycles. The Bertz CT molecular complexity index is 1100. The quantitative estimate of drug-likeness (QED) is 0.660. The molecule has 1 amide bonds. The molecule has 0 radical (unpaired) electrons. The van der Waals surface area contributed by atoms with Crippen LogP contribution in [0.3, 0.4) is 0 Å². The zero-order valence-corrected chi connectivity index (χ0v) is 15.9. The van der Waals surface area contributed by atoms with E-state index in [0.29, 0.717) is 11.3 Å². The molecular weight excluding hydrogens is 371 g/mol. The summed E-state index contributed by atoms with van der Waals surface area (Å²) >= 11 is 0. The van der Waals surface area contributed by atoms with Gasteiger partial charge in [0.25, 0.3) is 5.91 Å². The van der Waals surface area contributed by atoms with E-state index in [9.17, 15) is 14.4 Å². The number of ether oxygens (including phenoxy) is 2. The van der Waals surface area contributed by atoms with Gasteiger partial charge in [-0.25, -0.2) is 4.39 Å². The van der Waals surface area contributed by atoms with Gasteiger partial charge in [-0.2, -0.15) is 5.26 Å². The van der Waals surface area contributed by atoms with E-state index in [1.165, 1.54) is 24.3 Å². The molecule has 0 aliphatic carbocycles. The van der Waals surface area contributed by atoms with Crippen LogP contribution >= 0.6 is 0 Å². The van der Waals surface area contributed by atoms with E-state index >= 15 is 0 Å². The van der Waals surface area contributed by atoms with Gasteiger partial charge in [-0.05, 0) is 59.3 Å². The first-order valence-electron chi connectivity index (χ1n) is 9.19. The predicted octanol–water partition coefficient (Wildman–Crippen LogP) is 4.03. The zero-order chi connectivity index (χ0) is 20.4. The number of nitriles is 1. The number of hydrogen-bond acceptors (Lipinski definition) is 4. The van der Waals surface area contributed by atoms with Crippen LogP contribution in [0.25, 0.3) is 10.8 Å². The molecule has 0 bridgehead atoms.